The van der Waals surface area contributed by atoms with Crippen LogP contribution in [-0.2, 0) is 21.7 Å². The predicted octanol–water partition coefficient (Wildman–Crippen LogP) is 3.73. The lowest BCUT2D eigenvalue weighted by Gasteiger charge is -2.15. The normalized spacial score (nSPS) is 12.6. The Morgan fingerprint density at radius 2 is 1.62 bits per heavy atom. The number of carbonyl (C=O) groups is 3. The third kappa shape index (κ3) is 7.37. The van der Waals surface area contributed by atoms with Crippen LogP contribution in [0.3, 0.4) is 0 Å². The van der Waals surface area contributed by atoms with Crippen molar-refractivity contribution < 1.29 is 14.4 Å². The molecule has 0 radical (unpaired) electrons. The highest BCUT2D eigenvalue weighted by Gasteiger charge is 2.42. The molecular weight excluding hydrogens is 488 g/mol. The minimum absolute atomic E-state index is 0.0355. The number of carbonyl (C=O) groups excluding carboxylic acids is 3. The van der Waals surface area contributed by atoms with Crippen molar-refractivity contribution in [1.82, 2.24) is 20.9 Å². The van der Waals surface area contributed by atoms with E-state index in [-0.39, 0.29) is 18.6 Å². The van der Waals surface area contributed by atoms with Gasteiger partial charge in [-0.3, -0.25) is 14.4 Å². The summed E-state index contributed by atoms with van der Waals surface area (Å²) < 4.78 is 0. The quantitative estimate of drug-likeness (QED) is 0.205. The first kappa shape index (κ1) is 27.2. The molecule has 1 fully saturated rings. The van der Waals surface area contributed by atoms with Crippen molar-refractivity contribution in [2.45, 2.75) is 24.9 Å². The molecule has 1 saturated carbocycles. The number of pyridine rings is 1. The molecule has 39 heavy (non-hydrogen) atoms. The smallest absolute Gasteiger partial charge is 0.310 e. The van der Waals surface area contributed by atoms with E-state index in [9.17, 15) is 14.4 Å². The van der Waals surface area contributed by atoms with Crippen molar-refractivity contribution in [3.8, 4) is 11.8 Å². The Kier molecular flexibility index (Phi) is 9.17. The molecule has 196 valence electrons. The summed E-state index contributed by atoms with van der Waals surface area (Å²) in [5.41, 5.74) is 3.41. The van der Waals surface area contributed by atoms with E-state index in [0.717, 1.165) is 0 Å². The molecule has 1 aromatic heterocycles. The Hall–Kier alpha value is -4.80. The van der Waals surface area contributed by atoms with Gasteiger partial charge in [-0.25, -0.2) is 4.98 Å². The van der Waals surface area contributed by atoms with Gasteiger partial charge in [-0.05, 0) is 65.9 Å². The van der Waals surface area contributed by atoms with Crippen LogP contribution in [0.2, 0.25) is 0 Å². The van der Waals surface area contributed by atoms with Crippen molar-refractivity contribution in [2.24, 2.45) is 0 Å². The molecular formula is C32H30N4O3. The zero-order valence-corrected chi connectivity index (χ0v) is 21.7. The van der Waals surface area contributed by atoms with E-state index in [2.05, 4.69) is 82.3 Å². The van der Waals surface area contributed by atoms with Gasteiger partial charge in [-0.15, -0.1) is 0 Å². The van der Waals surface area contributed by atoms with Crippen molar-refractivity contribution in [3.05, 3.63) is 114 Å². The van der Waals surface area contributed by atoms with Crippen LogP contribution in [0.5, 0.6) is 0 Å². The SMILES string of the molecule is CNC1(c2ccc3ccccc3c2)CC1.O=Cc1ccccc1CNC(=O)C(=O)NCC#Cc1ccccn1. The molecule has 0 aliphatic heterocycles. The van der Waals surface area contributed by atoms with Crippen molar-refractivity contribution in [1.29, 1.82) is 0 Å². The highest BCUT2D eigenvalue weighted by atomic mass is 16.2. The average molecular weight is 519 g/mol. The van der Waals surface area contributed by atoms with Gasteiger partial charge in [0.05, 0.1) is 6.54 Å². The van der Waals surface area contributed by atoms with Crippen LogP contribution >= 0.6 is 0 Å². The number of rotatable bonds is 6. The highest BCUT2D eigenvalue weighted by Crippen LogP contribution is 2.45. The number of nitrogens with zero attached hydrogens (tertiary/aromatic N) is 1. The van der Waals surface area contributed by atoms with Crippen LogP contribution in [-0.4, -0.2) is 36.7 Å². The zero-order chi connectivity index (χ0) is 27.5. The minimum Gasteiger partial charge on any atom is -0.344 e. The molecule has 7 heteroatoms. The van der Waals surface area contributed by atoms with Crippen LogP contribution < -0.4 is 16.0 Å². The van der Waals surface area contributed by atoms with Crippen molar-refractivity contribution in [3.63, 3.8) is 0 Å². The van der Waals surface area contributed by atoms with Gasteiger partial charge < -0.3 is 16.0 Å². The molecule has 2 amide bonds. The maximum atomic E-state index is 11.7. The third-order valence-electron chi connectivity index (χ3n) is 6.58. The number of aromatic nitrogens is 1. The summed E-state index contributed by atoms with van der Waals surface area (Å²) in [5.74, 6) is 3.91. The fraction of sp³-hybridized carbons (Fsp3) is 0.188. The zero-order valence-electron chi connectivity index (χ0n) is 21.7. The van der Waals surface area contributed by atoms with Crippen LogP contribution in [0.15, 0.2) is 91.1 Å². The van der Waals surface area contributed by atoms with E-state index in [1.807, 2.05) is 0 Å². The number of amides is 2. The molecule has 0 saturated heterocycles. The minimum atomic E-state index is -0.783. The molecule has 4 aromatic rings. The maximum Gasteiger partial charge on any atom is 0.310 e. The van der Waals surface area contributed by atoms with Crippen LogP contribution in [0, 0.1) is 11.8 Å². The van der Waals surface area contributed by atoms with Crippen molar-refractivity contribution in [2.75, 3.05) is 13.6 Å². The first-order chi connectivity index (χ1) is 19.0. The third-order valence-corrected chi connectivity index (χ3v) is 6.58. The largest absolute Gasteiger partial charge is 0.344 e. The van der Waals surface area contributed by atoms with Crippen LogP contribution in [0.4, 0.5) is 0 Å². The fourth-order valence-electron chi connectivity index (χ4n) is 4.14. The molecule has 7 nitrogen and oxygen atoms in total. The Balaban J connectivity index is 0.000000199. The summed E-state index contributed by atoms with van der Waals surface area (Å²) in [6.07, 6.45) is 4.85. The van der Waals surface area contributed by atoms with Gasteiger partial charge in [0, 0.05) is 23.8 Å². The Bertz CT molecular complexity index is 1520. The lowest BCUT2D eigenvalue weighted by molar-refractivity contribution is -0.139. The van der Waals surface area contributed by atoms with E-state index in [1.54, 1.807) is 48.7 Å². The summed E-state index contributed by atoms with van der Waals surface area (Å²) in [5, 5.41) is 11.0. The first-order valence-corrected chi connectivity index (χ1v) is 12.7. The molecule has 0 atom stereocenters. The molecule has 1 heterocycles. The van der Waals surface area contributed by atoms with Gasteiger partial charge in [-0.2, -0.15) is 0 Å². The number of hydrogen-bond donors (Lipinski definition) is 3. The van der Waals surface area contributed by atoms with Crippen LogP contribution in [0.25, 0.3) is 10.8 Å². The standard InChI is InChI=1S/C18H15N3O3.C14H15N/c22-13-15-7-2-1-6-14(15)12-21-18(24)17(23)20-11-5-9-16-8-3-4-10-19-16;1-15-14(8-9-14)13-7-6-11-4-2-3-5-12(11)10-13/h1-4,6-8,10,13H,11-12H2,(H,20,23)(H,21,24);2-7,10,15H,8-9H2,1H3. The molecule has 5 rings (SSSR count). The Labute approximate surface area is 228 Å². The monoisotopic (exact) mass is 518 g/mol. The second kappa shape index (κ2) is 13.1. The molecule has 0 spiro atoms. The average Bonchev–Trinajstić information content (AvgIpc) is 3.80. The predicted molar refractivity (Wildman–Crippen MR) is 152 cm³/mol. The van der Waals surface area contributed by atoms with E-state index < -0.39 is 11.8 Å². The number of hydrogen-bond acceptors (Lipinski definition) is 5. The molecule has 0 bridgehead atoms. The van der Waals surface area contributed by atoms with Gasteiger partial charge in [0.1, 0.15) is 12.0 Å². The topological polar surface area (TPSA) is 100 Å². The molecule has 0 unspecified atom stereocenters. The summed E-state index contributed by atoms with van der Waals surface area (Å²) in [6.45, 7) is 0.133. The summed E-state index contributed by atoms with van der Waals surface area (Å²) in [6, 6.07) is 27.5. The molecule has 3 N–H and O–H groups in total. The second-order valence-electron chi connectivity index (χ2n) is 9.09. The first-order valence-electron chi connectivity index (χ1n) is 12.7. The number of nitrogens with one attached hydrogen (secondary N) is 3. The van der Waals surface area contributed by atoms with E-state index in [4.69, 9.17) is 0 Å². The van der Waals surface area contributed by atoms with Gasteiger partial charge in [0.25, 0.3) is 0 Å². The lowest BCUT2D eigenvalue weighted by Crippen LogP contribution is -2.39. The van der Waals surface area contributed by atoms with E-state index >= 15 is 0 Å². The number of benzene rings is 3. The number of fused-ring (bicyclic) bond motifs is 1. The lowest BCUT2D eigenvalue weighted by atomic mass is 10.0. The van der Waals surface area contributed by atoms with Crippen LogP contribution in [0.1, 0.15) is 40.0 Å². The van der Waals surface area contributed by atoms with Gasteiger partial charge in [-0.1, -0.05) is 72.7 Å². The van der Waals surface area contributed by atoms with Gasteiger partial charge >= 0.3 is 11.8 Å². The van der Waals surface area contributed by atoms with Crippen molar-refractivity contribution >= 4 is 28.9 Å². The van der Waals surface area contributed by atoms with Gasteiger partial charge in [0.15, 0.2) is 0 Å². The highest BCUT2D eigenvalue weighted by molar-refractivity contribution is 6.35. The van der Waals surface area contributed by atoms with E-state index in [1.165, 1.54) is 29.2 Å². The number of aldehydes is 1. The van der Waals surface area contributed by atoms with E-state index in [0.29, 0.717) is 23.1 Å². The molecule has 3 aromatic carbocycles. The molecule has 1 aliphatic rings. The Morgan fingerprint density at radius 1 is 0.897 bits per heavy atom. The summed E-state index contributed by atoms with van der Waals surface area (Å²) in [4.78, 5) is 38.3. The second-order valence-corrected chi connectivity index (χ2v) is 9.09. The summed E-state index contributed by atoms with van der Waals surface area (Å²) >= 11 is 0. The Morgan fingerprint density at radius 3 is 2.33 bits per heavy atom. The maximum absolute atomic E-state index is 11.7. The molecule has 1 aliphatic carbocycles. The summed E-state index contributed by atoms with van der Waals surface area (Å²) in [7, 11) is 2.06. The fourth-order valence-corrected chi connectivity index (χ4v) is 4.14. The van der Waals surface area contributed by atoms with Gasteiger partial charge in [0.2, 0.25) is 0 Å².